The zero-order valence-electron chi connectivity index (χ0n) is 28.3. The molecule has 5 aromatic rings. The fraction of sp³-hybridized carbons (Fsp3) is 0.351. The van der Waals surface area contributed by atoms with Gasteiger partial charge in [-0.15, -0.1) is 5.10 Å². The third kappa shape index (κ3) is 5.85. The number of hydrogen-bond acceptors (Lipinski definition) is 6. The minimum absolute atomic E-state index is 0.0847. The third-order valence-electron chi connectivity index (χ3n) is 9.57. The Labute approximate surface area is 292 Å². The molecule has 4 atom stereocenters. The van der Waals surface area contributed by atoms with Gasteiger partial charge in [0.15, 0.2) is 11.6 Å². The van der Waals surface area contributed by atoms with Crippen molar-refractivity contribution in [2.75, 3.05) is 20.2 Å². The predicted molar refractivity (Wildman–Crippen MR) is 184 cm³/mol. The molecule has 10 nitrogen and oxygen atoms in total. The number of para-hydroxylation sites is 1. The molecular weight excluding hydrogens is 666 g/mol. The molecule has 1 saturated heterocycles. The Bertz CT molecular complexity index is 2110. The van der Waals surface area contributed by atoms with Gasteiger partial charge in [-0.1, -0.05) is 53.2 Å². The number of amides is 2. The quantitative estimate of drug-likeness (QED) is 0.202. The van der Waals surface area contributed by atoms with E-state index >= 15 is 0 Å². The van der Waals surface area contributed by atoms with Crippen LogP contribution >= 0.6 is 11.6 Å². The van der Waals surface area contributed by atoms with Crippen molar-refractivity contribution in [3.63, 3.8) is 0 Å². The smallest absolute Gasteiger partial charge is 0.411 e. The Morgan fingerprint density at radius 1 is 0.980 bits per heavy atom. The number of aromatic nitrogens is 4. The molecule has 50 heavy (non-hydrogen) atoms. The highest BCUT2D eigenvalue weighted by Crippen LogP contribution is 2.45. The van der Waals surface area contributed by atoms with E-state index in [2.05, 4.69) is 21.4 Å². The topological polar surface area (TPSA) is 106 Å². The highest BCUT2D eigenvalue weighted by Gasteiger charge is 2.47. The molecule has 1 fully saturated rings. The lowest BCUT2D eigenvalue weighted by Gasteiger charge is -2.41. The van der Waals surface area contributed by atoms with Crippen LogP contribution < -0.4 is 4.74 Å². The number of carbonyl (C=O) groups is 2. The summed E-state index contributed by atoms with van der Waals surface area (Å²) in [4.78, 5) is 35.3. The number of rotatable bonds is 5. The molecule has 13 heteroatoms. The Morgan fingerprint density at radius 2 is 1.72 bits per heavy atom. The number of hydrogen-bond donors (Lipinski definition) is 1. The molecular formula is C37H37ClF2N6O4. The van der Waals surface area contributed by atoms with E-state index in [1.165, 1.54) is 35.0 Å². The normalized spacial score (nSPS) is 20.6. The monoisotopic (exact) mass is 702 g/mol. The minimum Gasteiger partial charge on any atom is -0.494 e. The summed E-state index contributed by atoms with van der Waals surface area (Å²) >= 11 is 6.78. The van der Waals surface area contributed by atoms with E-state index in [-0.39, 0.29) is 47.8 Å². The first-order chi connectivity index (χ1) is 23.9. The molecule has 2 aliphatic rings. The molecule has 0 aliphatic carbocycles. The Kier molecular flexibility index (Phi) is 8.53. The summed E-state index contributed by atoms with van der Waals surface area (Å²) in [6.07, 6.45) is 1.04. The number of methoxy groups -OCH3 is 1. The Morgan fingerprint density at radius 3 is 2.46 bits per heavy atom. The molecule has 7 rings (SSSR count). The minimum atomic E-state index is -1.13. The SMILES string of the molecule is COc1ccc(-c2cn(C3C[C@H](C(=O)N4CC(c5ccccc5Cl)c5c([nH]c6ccccc56)C4C)N(C(=O)OC(C)(C)C)C3)nn2)c(F)c1F. The van der Waals surface area contributed by atoms with Crippen molar-refractivity contribution in [3.8, 4) is 17.0 Å². The number of nitrogens with zero attached hydrogens (tertiary/aromatic N) is 5. The fourth-order valence-corrected chi connectivity index (χ4v) is 7.47. The first-order valence-corrected chi connectivity index (χ1v) is 16.8. The lowest BCUT2D eigenvalue weighted by molar-refractivity contribution is -0.139. The van der Waals surface area contributed by atoms with E-state index in [1.807, 2.05) is 49.4 Å². The zero-order chi connectivity index (χ0) is 35.5. The molecule has 2 aliphatic heterocycles. The largest absolute Gasteiger partial charge is 0.494 e. The second-order valence-corrected chi connectivity index (χ2v) is 14.2. The molecule has 260 valence electrons. The lowest BCUT2D eigenvalue weighted by Crippen LogP contribution is -2.51. The number of carbonyl (C=O) groups excluding carboxylic acids is 2. The van der Waals surface area contributed by atoms with E-state index in [1.54, 1.807) is 25.7 Å². The van der Waals surface area contributed by atoms with Gasteiger partial charge in [0.25, 0.3) is 0 Å². The molecule has 3 aromatic carbocycles. The number of nitrogens with one attached hydrogen (secondary N) is 1. The highest BCUT2D eigenvalue weighted by molar-refractivity contribution is 6.31. The van der Waals surface area contributed by atoms with Gasteiger partial charge in [-0.2, -0.15) is 4.39 Å². The first-order valence-electron chi connectivity index (χ1n) is 16.5. The molecule has 4 heterocycles. The fourth-order valence-electron chi connectivity index (χ4n) is 7.20. The average Bonchev–Trinajstić information content (AvgIpc) is 3.83. The van der Waals surface area contributed by atoms with Gasteiger partial charge in [-0.3, -0.25) is 9.69 Å². The van der Waals surface area contributed by atoms with Crippen LogP contribution in [-0.4, -0.2) is 73.6 Å². The standard InChI is InChI=1S/C37H37ClF2N6O4/c1-20-34-31(23-11-7-9-13-27(23)41-34)25(22-10-6-8-12-26(22)38)18-44(20)35(47)29-16-21(17-45(29)36(48)50-37(2,3)4)46-19-28(42-43-46)24-14-15-30(49-5)33(40)32(24)39/h6-15,19-21,25,29,41H,16-18H2,1-5H3/t20?,21?,25?,29-/m1/s1. The summed E-state index contributed by atoms with van der Waals surface area (Å²) in [7, 11) is 1.25. The maximum atomic E-state index is 14.9. The molecule has 0 bridgehead atoms. The predicted octanol–water partition coefficient (Wildman–Crippen LogP) is 7.65. The maximum absolute atomic E-state index is 14.9. The van der Waals surface area contributed by atoms with Crippen molar-refractivity contribution in [3.05, 3.63) is 100 Å². The van der Waals surface area contributed by atoms with Gasteiger partial charge in [0, 0.05) is 52.6 Å². The summed E-state index contributed by atoms with van der Waals surface area (Å²) in [5.41, 5.74) is 3.05. The van der Waals surface area contributed by atoms with E-state index in [0.29, 0.717) is 11.6 Å². The van der Waals surface area contributed by atoms with E-state index in [9.17, 15) is 18.4 Å². The van der Waals surface area contributed by atoms with Crippen LogP contribution in [0.5, 0.6) is 5.75 Å². The Balaban J connectivity index is 1.24. The van der Waals surface area contributed by atoms with Crippen molar-refractivity contribution in [2.24, 2.45) is 0 Å². The summed E-state index contributed by atoms with van der Waals surface area (Å²) in [6.45, 7) is 7.68. The molecule has 3 unspecified atom stereocenters. The van der Waals surface area contributed by atoms with Crippen LogP contribution in [-0.2, 0) is 9.53 Å². The second kappa shape index (κ2) is 12.7. The van der Waals surface area contributed by atoms with Crippen LogP contribution in [0, 0.1) is 11.6 Å². The number of halogens is 3. The summed E-state index contributed by atoms with van der Waals surface area (Å²) in [6, 6.07) is 16.6. The van der Waals surface area contributed by atoms with Crippen molar-refractivity contribution >= 4 is 34.5 Å². The molecule has 1 N–H and O–H groups in total. The average molecular weight is 703 g/mol. The third-order valence-corrected chi connectivity index (χ3v) is 9.92. The number of benzene rings is 3. The van der Waals surface area contributed by atoms with Crippen LogP contribution in [0.3, 0.4) is 0 Å². The number of fused-ring (bicyclic) bond motifs is 3. The number of aromatic amines is 1. The summed E-state index contributed by atoms with van der Waals surface area (Å²) < 4.78 is 41.6. The molecule has 0 spiro atoms. The van der Waals surface area contributed by atoms with Crippen LogP contribution in [0.15, 0.2) is 66.9 Å². The molecule has 2 amide bonds. The maximum Gasteiger partial charge on any atom is 0.411 e. The van der Waals surface area contributed by atoms with Gasteiger partial charge < -0.3 is 19.4 Å². The molecule has 0 saturated carbocycles. The van der Waals surface area contributed by atoms with Gasteiger partial charge in [-0.05, 0) is 63.1 Å². The van der Waals surface area contributed by atoms with Crippen LogP contribution in [0.25, 0.3) is 22.2 Å². The summed E-state index contributed by atoms with van der Waals surface area (Å²) in [5, 5.41) is 9.99. The first kappa shape index (κ1) is 33.5. The van der Waals surface area contributed by atoms with E-state index < -0.39 is 35.4 Å². The van der Waals surface area contributed by atoms with Gasteiger partial charge in [0.2, 0.25) is 11.7 Å². The van der Waals surface area contributed by atoms with Crippen LogP contribution in [0.2, 0.25) is 5.02 Å². The summed E-state index contributed by atoms with van der Waals surface area (Å²) in [5.74, 6) is -2.97. The highest BCUT2D eigenvalue weighted by atomic mass is 35.5. The number of likely N-dealkylation sites (tertiary alicyclic amines) is 1. The van der Waals surface area contributed by atoms with Gasteiger partial charge in [0.1, 0.15) is 17.3 Å². The van der Waals surface area contributed by atoms with Crippen LogP contribution in [0.4, 0.5) is 13.6 Å². The van der Waals surface area contributed by atoms with Crippen LogP contribution in [0.1, 0.15) is 68.9 Å². The molecule has 0 radical (unpaired) electrons. The van der Waals surface area contributed by atoms with E-state index in [0.717, 1.165) is 27.7 Å². The van der Waals surface area contributed by atoms with Crippen molar-refractivity contribution in [1.82, 2.24) is 29.8 Å². The molecule has 2 aromatic heterocycles. The van der Waals surface area contributed by atoms with Gasteiger partial charge in [0.05, 0.1) is 25.4 Å². The second-order valence-electron chi connectivity index (χ2n) is 13.8. The van der Waals surface area contributed by atoms with Gasteiger partial charge in [-0.25, -0.2) is 13.9 Å². The number of ether oxygens (including phenoxy) is 2. The lowest BCUT2D eigenvalue weighted by atomic mass is 9.83. The van der Waals surface area contributed by atoms with Crippen molar-refractivity contribution in [2.45, 2.75) is 63.8 Å². The zero-order valence-corrected chi connectivity index (χ0v) is 29.0. The van der Waals surface area contributed by atoms with E-state index in [4.69, 9.17) is 21.1 Å². The number of H-pyrrole nitrogens is 1. The van der Waals surface area contributed by atoms with Crippen molar-refractivity contribution < 1.29 is 27.8 Å². The Hall–Kier alpha value is -4.97. The van der Waals surface area contributed by atoms with Crippen molar-refractivity contribution in [1.29, 1.82) is 0 Å². The van der Waals surface area contributed by atoms with Gasteiger partial charge >= 0.3 is 6.09 Å².